The Kier molecular flexibility index (Phi) is 5.17. The Hall–Kier alpha value is -1.63. The van der Waals surface area contributed by atoms with Crippen molar-refractivity contribution in [3.8, 4) is 0 Å². The van der Waals surface area contributed by atoms with Crippen LogP contribution in [0.4, 0.5) is 5.69 Å². The minimum atomic E-state index is -1.06. The highest BCUT2D eigenvalue weighted by atomic mass is 35.5. The van der Waals surface area contributed by atoms with Gasteiger partial charge in [-0.15, -0.1) is 0 Å². The van der Waals surface area contributed by atoms with Gasteiger partial charge in [0.05, 0.1) is 22.8 Å². The molecule has 0 radical (unpaired) electrons. The van der Waals surface area contributed by atoms with Gasteiger partial charge >= 0.3 is 5.97 Å². The van der Waals surface area contributed by atoms with Gasteiger partial charge < -0.3 is 16.2 Å². The van der Waals surface area contributed by atoms with Crippen LogP contribution in [0.1, 0.15) is 23.2 Å². The SMILES string of the molecule is NC1CCN(CC(=O)Nc2cc(C(=O)O)ccc2Cl)CC1. The molecule has 6 nitrogen and oxygen atoms in total. The van der Waals surface area contributed by atoms with Crippen molar-refractivity contribution < 1.29 is 14.7 Å². The van der Waals surface area contributed by atoms with Crippen LogP contribution in [0.3, 0.4) is 0 Å². The van der Waals surface area contributed by atoms with Gasteiger partial charge in [0.2, 0.25) is 5.91 Å². The number of anilines is 1. The number of carbonyl (C=O) groups is 2. The number of carboxylic acids is 1. The maximum absolute atomic E-state index is 12.0. The Labute approximate surface area is 127 Å². The molecule has 0 aromatic heterocycles. The predicted octanol–water partition coefficient (Wildman–Crippen LogP) is 1.40. The molecular formula is C14H18ClN3O3. The fraction of sp³-hybridized carbons (Fsp3) is 0.429. The number of nitrogens with one attached hydrogen (secondary N) is 1. The van der Waals surface area contributed by atoms with Crippen LogP contribution in [0.25, 0.3) is 0 Å². The largest absolute Gasteiger partial charge is 0.478 e. The molecule has 0 saturated carbocycles. The van der Waals surface area contributed by atoms with Gasteiger partial charge in [-0.25, -0.2) is 4.79 Å². The normalized spacial score (nSPS) is 16.7. The van der Waals surface area contributed by atoms with Crippen molar-refractivity contribution in [2.24, 2.45) is 5.73 Å². The third kappa shape index (κ3) is 4.42. The number of carboxylic acid groups (broad SMARTS) is 1. The van der Waals surface area contributed by atoms with Crippen LogP contribution in [-0.4, -0.2) is 47.6 Å². The van der Waals surface area contributed by atoms with Gasteiger partial charge in [-0.1, -0.05) is 11.6 Å². The summed E-state index contributed by atoms with van der Waals surface area (Å²) in [6, 6.07) is 4.42. The minimum absolute atomic E-state index is 0.0821. The van der Waals surface area contributed by atoms with Crippen LogP contribution in [0.15, 0.2) is 18.2 Å². The summed E-state index contributed by atoms with van der Waals surface area (Å²) in [6.45, 7) is 1.83. The van der Waals surface area contributed by atoms with Crippen LogP contribution < -0.4 is 11.1 Å². The highest BCUT2D eigenvalue weighted by molar-refractivity contribution is 6.33. The second-order valence-electron chi connectivity index (χ2n) is 5.16. The van der Waals surface area contributed by atoms with Crippen LogP contribution >= 0.6 is 11.6 Å². The lowest BCUT2D eigenvalue weighted by molar-refractivity contribution is -0.117. The molecule has 1 saturated heterocycles. The molecule has 1 aliphatic rings. The van der Waals surface area contributed by atoms with Gasteiger partial charge in [0.15, 0.2) is 0 Å². The van der Waals surface area contributed by atoms with Gasteiger partial charge in [-0.2, -0.15) is 0 Å². The number of hydrogen-bond donors (Lipinski definition) is 3. The van der Waals surface area contributed by atoms with Crippen LogP contribution in [0.5, 0.6) is 0 Å². The molecule has 1 heterocycles. The van der Waals surface area contributed by atoms with Crippen molar-refractivity contribution in [3.63, 3.8) is 0 Å². The summed E-state index contributed by atoms with van der Waals surface area (Å²) in [4.78, 5) is 24.9. The zero-order chi connectivity index (χ0) is 15.4. The van der Waals surface area contributed by atoms with Gasteiger partial charge in [-0.05, 0) is 31.0 Å². The fourth-order valence-corrected chi connectivity index (χ4v) is 2.42. The minimum Gasteiger partial charge on any atom is -0.478 e. The van der Waals surface area contributed by atoms with Gasteiger partial charge in [0.1, 0.15) is 0 Å². The molecule has 7 heteroatoms. The van der Waals surface area contributed by atoms with E-state index in [9.17, 15) is 9.59 Å². The Morgan fingerprint density at radius 3 is 2.67 bits per heavy atom. The third-order valence-corrected chi connectivity index (χ3v) is 3.82. The van der Waals surface area contributed by atoms with E-state index in [0.717, 1.165) is 25.9 Å². The Bertz CT molecular complexity index is 542. The number of amides is 1. The number of nitrogens with two attached hydrogens (primary N) is 1. The maximum atomic E-state index is 12.0. The summed E-state index contributed by atoms with van der Waals surface area (Å²) < 4.78 is 0. The lowest BCUT2D eigenvalue weighted by atomic mass is 10.1. The number of rotatable bonds is 4. The third-order valence-electron chi connectivity index (χ3n) is 3.49. The van der Waals surface area contributed by atoms with E-state index >= 15 is 0 Å². The summed E-state index contributed by atoms with van der Waals surface area (Å²) >= 11 is 5.97. The van der Waals surface area contributed by atoms with Crippen molar-refractivity contribution in [1.82, 2.24) is 4.90 Å². The van der Waals surface area contributed by atoms with E-state index in [2.05, 4.69) is 5.32 Å². The molecule has 0 aliphatic carbocycles. The first-order valence-electron chi connectivity index (χ1n) is 6.76. The van der Waals surface area contributed by atoms with Gasteiger partial charge in [-0.3, -0.25) is 9.69 Å². The smallest absolute Gasteiger partial charge is 0.335 e. The highest BCUT2D eigenvalue weighted by Gasteiger charge is 2.18. The zero-order valence-corrected chi connectivity index (χ0v) is 12.3. The molecule has 0 spiro atoms. The predicted molar refractivity (Wildman–Crippen MR) is 80.7 cm³/mol. The van der Waals surface area contributed by atoms with E-state index < -0.39 is 5.97 Å². The number of nitrogens with zero attached hydrogens (tertiary/aromatic N) is 1. The van der Waals surface area contributed by atoms with Gasteiger partial charge in [0, 0.05) is 19.1 Å². The van der Waals surface area contributed by atoms with Crippen molar-refractivity contribution in [1.29, 1.82) is 0 Å². The molecule has 0 unspecified atom stereocenters. The Balaban J connectivity index is 1.96. The van der Waals surface area contributed by atoms with Crippen molar-refractivity contribution in [2.75, 3.05) is 25.0 Å². The quantitative estimate of drug-likeness (QED) is 0.781. The van der Waals surface area contributed by atoms with E-state index in [4.69, 9.17) is 22.4 Å². The number of carbonyl (C=O) groups excluding carboxylic acids is 1. The summed E-state index contributed by atoms with van der Waals surface area (Å²) in [7, 11) is 0. The average Bonchev–Trinajstić information content (AvgIpc) is 2.43. The van der Waals surface area contributed by atoms with Crippen molar-refractivity contribution >= 4 is 29.2 Å². The molecule has 1 aromatic carbocycles. The van der Waals surface area contributed by atoms with Gasteiger partial charge in [0.25, 0.3) is 0 Å². The van der Waals surface area contributed by atoms with Crippen molar-refractivity contribution in [2.45, 2.75) is 18.9 Å². The Morgan fingerprint density at radius 2 is 2.05 bits per heavy atom. The molecule has 1 fully saturated rings. The number of aromatic carboxylic acids is 1. The number of piperidine rings is 1. The number of likely N-dealkylation sites (tertiary alicyclic amines) is 1. The van der Waals surface area contributed by atoms with E-state index in [-0.39, 0.29) is 24.1 Å². The number of hydrogen-bond acceptors (Lipinski definition) is 4. The summed E-state index contributed by atoms with van der Waals surface area (Å²) in [6.07, 6.45) is 1.76. The molecule has 114 valence electrons. The Morgan fingerprint density at radius 1 is 1.38 bits per heavy atom. The second kappa shape index (κ2) is 6.89. The molecular weight excluding hydrogens is 294 g/mol. The molecule has 1 aromatic rings. The summed E-state index contributed by atoms with van der Waals surface area (Å²) in [5.74, 6) is -1.28. The standard InChI is InChI=1S/C14H18ClN3O3/c15-11-2-1-9(14(20)21)7-12(11)17-13(19)8-18-5-3-10(16)4-6-18/h1-2,7,10H,3-6,8,16H2,(H,17,19)(H,20,21). The summed E-state index contributed by atoms with van der Waals surface area (Å²) in [5.41, 5.74) is 6.21. The molecule has 1 amide bonds. The number of benzene rings is 1. The molecule has 0 bridgehead atoms. The van der Waals surface area contributed by atoms with E-state index in [1.807, 2.05) is 4.90 Å². The molecule has 4 N–H and O–H groups in total. The first-order valence-corrected chi connectivity index (χ1v) is 7.14. The average molecular weight is 312 g/mol. The monoisotopic (exact) mass is 311 g/mol. The second-order valence-corrected chi connectivity index (χ2v) is 5.57. The molecule has 0 atom stereocenters. The fourth-order valence-electron chi connectivity index (χ4n) is 2.26. The van der Waals surface area contributed by atoms with E-state index in [0.29, 0.717) is 10.7 Å². The van der Waals surface area contributed by atoms with Crippen LogP contribution in [-0.2, 0) is 4.79 Å². The van der Waals surface area contributed by atoms with Crippen LogP contribution in [0, 0.1) is 0 Å². The molecule has 1 aliphatic heterocycles. The maximum Gasteiger partial charge on any atom is 0.335 e. The zero-order valence-electron chi connectivity index (χ0n) is 11.5. The lowest BCUT2D eigenvalue weighted by Gasteiger charge is -2.29. The first-order chi connectivity index (χ1) is 9.95. The van der Waals surface area contributed by atoms with E-state index in [1.54, 1.807) is 0 Å². The molecule has 21 heavy (non-hydrogen) atoms. The number of halogens is 1. The highest BCUT2D eigenvalue weighted by Crippen LogP contribution is 2.23. The lowest BCUT2D eigenvalue weighted by Crippen LogP contribution is -2.43. The summed E-state index contributed by atoms with van der Waals surface area (Å²) in [5, 5.41) is 11.9. The first kappa shape index (κ1) is 15.8. The van der Waals surface area contributed by atoms with Crippen LogP contribution in [0.2, 0.25) is 5.02 Å². The molecule has 2 rings (SSSR count). The topological polar surface area (TPSA) is 95.7 Å². The van der Waals surface area contributed by atoms with Crippen molar-refractivity contribution in [3.05, 3.63) is 28.8 Å². The van der Waals surface area contributed by atoms with E-state index in [1.165, 1.54) is 18.2 Å².